The van der Waals surface area contributed by atoms with Crippen molar-refractivity contribution < 1.29 is 19.2 Å². The van der Waals surface area contributed by atoms with Crippen LogP contribution in [0.4, 0.5) is 5.69 Å². The first-order valence-electron chi connectivity index (χ1n) is 8.39. The molecule has 3 aromatic rings. The Kier molecular flexibility index (Phi) is 5.65. The van der Waals surface area contributed by atoms with Gasteiger partial charge >= 0.3 is 5.97 Å². The molecule has 0 radical (unpaired) electrons. The van der Waals surface area contributed by atoms with E-state index in [4.69, 9.17) is 4.74 Å². The highest BCUT2D eigenvalue weighted by molar-refractivity contribution is 7.18. The fourth-order valence-electron chi connectivity index (χ4n) is 2.48. The van der Waals surface area contributed by atoms with E-state index in [-0.39, 0.29) is 23.2 Å². The van der Waals surface area contributed by atoms with Crippen LogP contribution in [0.5, 0.6) is 0 Å². The van der Waals surface area contributed by atoms with Crippen molar-refractivity contribution in [1.82, 2.24) is 9.88 Å². The smallest absolute Gasteiger partial charge is 0.338 e. The normalized spacial score (nSPS) is 11.8. The van der Waals surface area contributed by atoms with Gasteiger partial charge in [0.25, 0.3) is 11.6 Å². The number of likely N-dealkylation sites (N-methyl/N-ethyl adjacent to an activating group) is 1. The number of non-ortho nitro benzene ring substituents is 1. The molecule has 1 atom stereocenters. The van der Waals surface area contributed by atoms with Crippen LogP contribution in [0.1, 0.15) is 28.3 Å². The number of nitrogens with zero attached hydrogens (tertiary/aromatic N) is 3. The number of hydrogen-bond donors (Lipinski definition) is 0. The van der Waals surface area contributed by atoms with Crippen molar-refractivity contribution in [2.75, 3.05) is 13.7 Å². The molecule has 0 aliphatic carbocycles. The fourth-order valence-corrected chi connectivity index (χ4v) is 3.54. The van der Waals surface area contributed by atoms with E-state index in [9.17, 15) is 19.7 Å². The maximum atomic E-state index is 12.4. The number of rotatable bonds is 6. The fraction of sp³-hybridized carbons (Fsp3) is 0.211. The molecule has 0 spiro atoms. The van der Waals surface area contributed by atoms with Gasteiger partial charge in [0.15, 0.2) is 6.61 Å². The molecule has 2 aromatic carbocycles. The van der Waals surface area contributed by atoms with Crippen LogP contribution < -0.4 is 0 Å². The Hall–Kier alpha value is -3.33. The maximum absolute atomic E-state index is 12.4. The van der Waals surface area contributed by atoms with Crippen LogP contribution in [0.15, 0.2) is 48.5 Å². The molecule has 9 heteroatoms. The summed E-state index contributed by atoms with van der Waals surface area (Å²) < 4.78 is 6.08. The summed E-state index contributed by atoms with van der Waals surface area (Å²) in [6, 6.07) is 12.4. The van der Waals surface area contributed by atoms with Crippen LogP contribution in [0, 0.1) is 10.1 Å². The number of carbonyl (C=O) groups is 2. The highest BCUT2D eigenvalue weighted by Crippen LogP contribution is 2.28. The third-order valence-electron chi connectivity index (χ3n) is 4.28. The van der Waals surface area contributed by atoms with E-state index < -0.39 is 17.5 Å². The molecular formula is C19H17N3O5S. The molecule has 0 aliphatic heterocycles. The number of benzene rings is 2. The van der Waals surface area contributed by atoms with Crippen LogP contribution in [-0.4, -0.2) is 40.3 Å². The van der Waals surface area contributed by atoms with Gasteiger partial charge in [0.05, 0.1) is 26.7 Å². The third-order valence-corrected chi connectivity index (χ3v) is 5.49. The molecule has 1 aromatic heterocycles. The van der Waals surface area contributed by atoms with Gasteiger partial charge in [-0.25, -0.2) is 9.78 Å². The standard InChI is InChI=1S/C19H17N3O5S/c1-12(18-20-15-5-3-4-6-16(15)28-18)21(2)17(23)11-27-19(24)13-7-9-14(10-8-13)22(25)26/h3-10,12H,11H2,1-2H3/t12-/m0/s1. The van der Waals surface area contributed by atoms with Gasteiger partial charge in [-0.1, -0.05) is 12.1 Å². The first kappa shape index (κ1) is 19.4. The topological polar surface area (TPSA) is 103 Å². The summed E-state index contributed by atoms with van der Waals surface area (Å²) in [6.07, 6.45) is 0. The minimum Gasteiger partial charge on any atom is -0.452 e. The maximum Gasteiger partial charge on any atom is 0.338 e. The predicted octanol–water partition coefficient (Wildman–Crippen LogP) is 3.58. The SMILES string of the molecule is C[C@@H](c1nc2ccccc2s1)N(C)C(=O)COC(=O)c1ccc([N+](=O)[O-])cc1. The Bertz CT molecular complexity index is 998. The molecule has 8 nitrogen and oxygen atoms in total. The zero-order valence-electron chi connectivity index (χ0n) is 15.2. The van der Waals surface area contributed by atoms with Crippen molar-refractivity contribution in [3.8, 4) is 0 Å². The van der Waals surface area contributed by atoms with Crippen molar-refractivity contribution in [2.45, 2.75) is 13.0 Å². The summed E-state index contributed by atoms with van der Waals surface area (Å²) in [6.45, 7) is 1.43. The van der Waals surface area contributed by atoms with E-state index in [1.54, 1.807) is 7.05 Å². The number of nitro benzene ring substituents is 1. The van der Waals surface area contributed by atoms with Crippen LogP contribution in [-0.2, 0) is 9.53 Å². The number of thiazole rings is 1. The number of fused-ring (bicyclic) bond motifs is 1. The first-order chi connectivity index (χ1) is 13.4. The predicted molar refractivity (Wildman–Crippen MR) is 104 cm³/mol. The van der Waals surface area contributed by atoms with Gasteiger partial charge in [0.1, 0.15) is 5.01 Å². The van der Waals surface area contributed by atoms with Gasteiger partial charge in [-0.15, -0.1) is 11.3 Å². The van der Waals surface area contributed by atoms with E-state index in [0.717, 1.165) is 15.2 Å². The van der Waals surface area contributed by atoms with Gasteiger partial charge in [-0.2, -0.15) is 0 Å². The van der Waals surface area contributed by atoms with Gasteiger partial charge in [-0.05, 0) is 31.2 Å². The van der Waals surface area contributed by atoms with Crippen molar-refractivity contribution in [1.29, 1.82) is 0 Å². The van der Waals surface area contributed by atoms with E-state index in [1.165, 1.54) is 40.5 Å². The second-order valence-electron chi connectivity index (χ2n) is 6.08. The lowest BCUT2D eigenvalue weighted by atomic mass is 10.2. The number of esters is 1. The molecule has 0 unspecified atom stereocenters. The Morgan fingerprint density at radius 2 is 1.89 bits per heavy atom. The molecule has 1 amide bonds. The van der Waals surface area contributed by atoms with E-state index in [2.05, 4.69) is 4.98 Å². The number of hydrogen-bond acceptors (Lipinski definition) is 7. The number of carbonyl (C=O) groups excluding carboxylic acids is 2. The van der Waals surface area contributed by atoms with Crippen molar-refractivity contribution >= 4 is 39.1 Å². The van der Waals surface area contributed by atoms with Crippen LogP contribution in [0.2, 0.25) is 0 Å². The minimum atomic E-state index is -0.718. The third kappa shape index (κ3) is 4.15. The molecule has 0 saturated carbocycles. The number of para-hydroxylation sites is 1. The van der Waals surface area contributed by atoms with Crippen LogP contribution in [0.3, 0.4) is 0 Å². The lowest BCUT2D eigenvalue weighted by molar-refractivity contribution is -0.384. The van der Waals surface area contributed by atoms with E-state index >= 15 is 0 Å². The quantitative estimate of drug-likeness (QED) is 0.357. The van der Waals surface area contributed by atoms with Gasteiger partial charge in [-0.3, -0.25) is 14.9 Å². The van der Waals surface area contributed by atoms with Crippen LogP contribution >= 0.6 is 11.3 Å². The Balaban J connectivity index is 1.60. The molecule has 144 valence electrons. The summed E-state index contributed by atoms with van der Waals surface area (Å²) in [5.41, 5.74) is 0.886. The van der Waals surface area contributed by atoms with Crippen molar-refractivity contribution in [2.24, 2.45) is 0 Å². The molecule has 0 fully saturated rings. The molecule has 0 N–H and O–H groups in total. The lowest BCUT2D eigenvalue weighted by Crippen LogP contribution is -2.33. The Morgan fingerprint density at radius 1 is 1.21 bits per heavy atom. The summed E-state index contributed by atoms with van der Waals surface area (Å²) in [5, 5.41) is 11.4. The molecular weight excluding hydrogens is 382 g/mol. The average Bonchev–Trinajstić information content (AvgIpc) is 3.14. The Morgan fingerprint density at radius 3 is 2.54 bits per heavy atom. The van der Waals surface area contributed by atoms with Crippen LogP contribution in [0.25, 0.3) is 10.2 Å². The van der Waals surface area contributed by atoms with Crippen molar-refractivity contribution in [3.05, 3.63) is 69.2 Å². The van der Waals surface area contributed by atoms with Gasteiger partial charge in [0, 0.05) is 19.2 Å². The summed E-state index contributed by atoms with van der Waals surface area (Å²) in [5.74, 6) is -1.09. The second kappa shape index (κ2) is 8.13. The minimum absolute atomic E-state index is 0.128. The molecule has 0 aliphatic rings. The summed E-state index contributed by atoms with van der Waals surface area (Å²) in [7, 11) is 1.62. The van der Waals surface area contributed by atoms with Gasteiger partial charge in [0.2, 0.25) is 0 Å². The molecule has 0 saturated heterocycles. The monoisotopic (exact) mass is 399 g/mol. The molecule has 1 heterocycles. The second-order valence-corrected chi connectivity index (χ2v) is 7.14. The van der Waals surface area contributed by atoms with E-state index in [1.807, 2.05) is 31.2 Å². The summed E-state index contributed by atoms with van der Waals surface area (Å²) in [4.78, 5) is 40.5. The molecule has 28 heavy (non-hydrogen) atoms. The lowest BCUT2D eigenvalue weighted by Gasteiger charge is -2.23. The number of ether oxygens (including phenoxy) is 1. The Labute approximate surface area is 164 Å². The average molecular weight is 399 g/mol. The van der Waals surface area contributed by atoms with E-state index in [0.29, 0.717) is 0 Å². The molecule has 3 rings (SSSR count). The molecule has 0 bridgehead atoms. The number of aromatic nitrogens is 1. The highest BCUT2D eigenvalue weighted by Gasteiger charge is 2.22. The summed E-state index contributed by atoms with van der Waals surface area (Å²) >= 11 is 1.51. The van der Waals surface area contributed by atoms with Crippen molar-refractivity contribution in [3.63, 3.8) is 0 Å². The largest absolute Gasteiger partial charge is 0.452 e. The number of amides is 1. The number of nitro groups is 1. The zero-order chi connectivity index (χ0) is 20.3. The zero-order valence-corrected chi connectivity index (χ0v) is 16.0. The first-order valence-corrected chi connectivity index (χ1v) is 9.21. The highest BCUT2D eigenvalue weighted by atomic mass is 32.1. The van der Waals surface area contributed by atoms with Gasteiger partial charge < -0.3 is 9.64 Å².